The monoisotopic (exact) mass is 514 g/mol. The van der Waals surface area contributed by atoms with Gasteiger partial charge in [-0.3, -0.25) is 9.69 Å². The fourth-order valence-corrected chi connectivity index (χ4v) is 5.47. The molecule has 0 unspecified atom stereocenters. The average molecular weight is 515 g/mol. The maximum absolute atomic E-state index is 15.7. The fraction of sp³-hybridized carbons (Fsp3) is 0.290. The summed E-state index contributed by atoms with van der Waals surface area (Å²) in [5, 5.41) is 7.46. The van der Waals surface area contributed by atoms with Gasteiger partial charge in [-0.25, -0.2) is 13.5 Å². The number of aromatic nitrogens is 2. The van der Waals surface area contributed by atoms with E-state index < -0.39 is 23.1 Å². The van der Waals surface area contributed by atoms with E-state index in [2.05, 4.69) is 43.1 Å². The zero-order chi connectivity index (χ0) is 27.4. The van der Waals surface area contributed by atoms with E-state index in [0.29, 0.717) is 18.8 Å². The van der Waals surface area contributed by atoms with Gasteiger partial charge in [-0.05, 0) is 62.9 Å². The van der Waals surface area contributed by atoms with Crippen molar-refractivity contribution in [3.8, 4) is 16.9 Å². The first-order valence-corrected chi connectivity index (χ1v) is 12.7. The van der Waals surface area contributed by atoms with Crippen LogP contribution < -0.4 is 5.32 Å². The third-order valence-electron chi connectivity index (χ3n) is 7.60. The average Bonchev–Trinajstić information content (AvgIpc) is 3.31. The van der Waals surface area contributed by atoms with Gasteiger partial charge in [0, 0.05) is 37.2 Å². The lowest BCUT2D eigenvalue weighted by molar-refractivity contribution is -0.114. The fourth-order valence-electron chi connectivity index (χ4n) is 5.47. The number of hydrogen-bond acceptors (Lipinski definition) is 3. The smallest absolute Gasteiger partial charge is 0.221 e. The lowest BCUT2D eigenvalue weighted by Gasteiger charge is -2.32. The Balaban J connectivity index is 1.71. The van der Waals surface area contributed by atoms with E-state index in [0.717, 1.165) is 34.1 Å². The zero-order valence-electron chi connectivity index (χ0n) is 22.6. The van der Waals surface area contributed by atoms with E-state index in [9.17, 15) is 4.79 Å². The maximum Gasteiger partial charge on any atom is 0.221 e. The van der Waals surface area contributed by atoms with Crippen LogP contribution in [0.5, 0.6) is 0 Å². The number of para-hydroxylation sites is 1. The second-order valence-electron chi connectivity index (χ2n) is 10.7. The number of nitrogens with zero attached hydrogens (tertiary/aromatic N) is 3. The molecule has 0 radical (unpaired) electrons. The molecule has 0 bridgehead atoms. The molecule has 0 fully saturated rings. The molecule has 1 N–H and O–H groups in total. The molecule has 196 valence electrons. The number of nitrogens with one attached hydrogen (secondary N) is 1. The number of rotatable bonds is 5. The van der Waals surface area contributed by atoms with E-state index in [1.54, 1.807) is 4.68 Å². The van der Waals surface area contributed by atoms with Gasteiger partial charge in [0.1, 0.15) is 11.6 Å². The Morgan fingerprint density at radius 2 is 1.63 bits per heavy atom. The molecule has 3 aromatic carbocycles. The van der Waals surface area contributed by atoms with E-state index >= 15 is 8.78 Å². The predicted octanol–water partition coefficient (Wildman–Crippen LogP) is 6.95. The summed E-state index contributed by atoms with van der Waals surface area (Å²) in [6, 6.07) is 16.4. The molecule has 7 heteroatoms. The molecular formula is C31H32F2N4O. The molecule has 0 spiro atoms. The Bertz CT molecular complexity index is 1550. The molecule has 1 aliphatic rings. The highest BCUT2D eigenvalue weighted by Crippen LogP contribution is 2.45. The Morgan fingerprint density at radius 3 is 2.29 bits per heavy atom. The van der Waals surface area contributed by atoms with Gasteiger partial charge in [-0.2, -0.15) is 5.10 Å². The third-order valence-corrected chi connectivity index (χ3v) is 7.60. The number of anilines is 1. The van der Waals surface area contributed by atoms with Crippen LogP contribution in [-0.4, -0.2) is 20.6 Å². The van der Waals surface area contributed by atoms with Crippen LogP contribution in [0, 0.1) is 32.4 Å². The summed E-state index contributed by atoms with van der Waals surface area (Å²) in [6.45, 7) is 12.8. The molecule has 1 aliphatic heterocycles. The van der Waals surface area contributed by atoms with Crippen LogP contribution in [0.2, 0.25) is 0 Å². The molecule has 2 heterocycles. The van der Waals surface area contributed by atoms with Gasteiger partial charge in [0.05, 0.1) is 28.3 Å². The Labute approximate surface area is 222 Å². The summed E-state index contributed by atoms with van der Waals surface area (Å²) in [6.07, 6.45) is 0. The van der Waals surface area contributed by atoms with Crippen LogP contribution in [0.25, 0.3) is 16.9 Å². The number of benzene rings is 3. The Kier molecular flexibility index (Phi) is 6.43. The first-order chi connectivity index (χ1) is 18.0. The Hall–Kier alpha value is -3.84. The highest BCUT2D eigenvalue weighted by Gasteiger charge is 2.43. The van der Waals surface area contributed by atoms with Crippen molar-refractivity contribution < 1.29 is 13.6 Å². The molecule has 0 saturated carbocycles. The molecule has 1 amide bonds. The van der Waals surface area contributed by atoms with Crippen LogP contribution in [0.4, 0.5) is 14.5 Å². The van der Waals surface area contributed by atoms with E-state index in [4.69, 9.17) is 5.10 Å². The lowest BCUT2D eigenvalue weighted by atomic mass is 9.97. The van der Waals surface area contributed by atoms with Crippen molar-refractivity contribution in [2.75, 3.05) is 5.32 Å². The van der Waals surface area contributed by atoms with Crippen molar-refractivity contribution in [1.82, 2.24) is 14.7 Å². The van der Waals surface area contributed by atoms with Gasteiger partial charge >= 0.3 is 0 Å². The molecule has 38 heavy (non-hydrogen) atoms. The number of fused-ring (bicyclic) bond motifs is 1. The molecular weight excluding hydrogens is 482 g/mol. The van der Waals surface area contributed by atoms with Gasteiger partial charge in [-0.1, -0.05) is 42.5 Å². The standard InChI is InChI=1S/C31H32F2N4O/c1-18-10-7-8-13-22(18)16-36-17-24-29(23-14-26(33)27(15-25(23)32)34-21(4)38)37(35-30(24)31(36,5)6)28-19(2)11-9-12-20(28)3/h7-15H,16-17H2,1-6H3,(H,34,38). The minimum absolute atomic E-state index is 0.113. The summed E-state index contributed by atoms with van der Waals surface area (Å²) >= 11 is 0. The quantitative estimate of drug-likeness (QED) is 0.313. The van der Waals surface area contributed by atoms with Gasteiger partial charge in [0.2, 0.25) is 5.91 Å². The van der Waals surface area contributed by atoms with Gasteiger partial charge in [0.15, 0.2) is 0 Å². The number of carbonyl (C=O) groups excluding carboxylic acids is 1. The molecule has 1 aromatic heterocycles. The van der Waals surface area contributed by atoms with Crippen LogP contribution in [0.1, 0.15) is 54.3 Å². The molecule has 0 saturated heterocycles. The van der Waals surface area contributed by atoms with E-state index in [1.807, 2.05) is 44.2 Å². The van der Waals surface area contributed by atoms with E-state index in [1.165, 1.54) is 24.1 Å². The predicted molar refractivity (Wildman–Crippen MR) is 146 cm³/mol. The highest BCUT2D eigenvalue weighted by molar-refractivity contribution is 5.89. The lowest BCUT2D eigenvalue weighted by Crippen LogP contribution is -2.36. The van der Waals surface area contributed by atoms with Gasteiger partial charge in [-0.15, -0.1) is 0 Å². The number of halogens is 2. The summed E-state index contributed by atoms with van der Waals surface area (Å²) in [7, 11) is 0. The normalized spacial score (nSPS) is 14.5. The van der Waals surface area contributed by atoms with Crippen molar-refractivity contribution >= 4 is 11.6 Å². The number of hydrogen-bond donors (Lipinski definition) is 1. The van der Waals surface area contributed by atoms with Crippen LogP contribution in [0.3, 0.4) is 0 Å². The summed E-state index contributed by atoms with van der Waals surface area (Å²) in [5.41, 5.74) is 6.97. The van der Waals surface area contributed by atoms with Gasteiger partial charge in [0.25, 0.3) is 0 Å². The molecule has 5 rings (SSSR count). The largest absolute Gasteiger partial charge is 0.324 e. The van der Waals surface area contributed by atoms with Crippen LogP contribution in [-0.2, 0) is 23.4 Å². The first-order valence-electron chi connectivity index (χ1n) is 12.7. The van der Waals surface area contributed by atoms with Crippen LogP contribution >= 0.6 is 0 Å². The first kappa shape index (κ1) is 25.8. The zero-order valence-corrected chi connectivity index (χ0v) is 22.6. The molecule has 4 aromatic rings. The van der Waals surface area contributed by atoms with Gasteiger partial charge < -0.3 is 5.32 Å². The minimum atomic E-state index is -0.700. The second kappa shape index (κ2) is 9.48. The summed E-state index contributed by atoms with van der Waals surface area (Å²) in [5.74, 6) is -1.79. The highest BCUT2D eigenvalue weighted by atomic mass is 19.1. The number of amides is 1. The Morgan fingerprint density at radius 1 is 0.974 bits per heavy atom. The van der Waals surface area contributed by atoms with Crippen molar-refractivity contribution in [2.24, 2.45) is 0 Å². The SMILES string of the molecule is CC(=O)Nc1cc(F)c(-c2c3c(nn2-c2c(C)cccc2C)C(C)(C)N(Cc2ccccc2C)C3)cc1F. The topological polar surface area (TPSA) is 50.2 Å². The second-order valence-corrected chi connectivity index (χ2v) is 10.7. The molecule has 5 nitrogen and oxygen atoms in total. The third kappa shape index (κ3) is 4.31. The van der Waals surface area contributed by atoms with Crippen molar-refractivity contribution in [3.05, 3.63) is 99.7 Å². The summed E-state index contributed by atoms with van der Waals surface area (Å²) < 4.78 is 32.7. The van der Waals surface area contributed by atoms with Crippen molar-refractivity contribution in [2.45, 2.75) is 60.2 Å². The molecule has 0 aliphatic carbocycles. The maximum atomic E-state index is 15.7. The van der Waals surface area contributed by atoms with Crippen molar-refractivity contribution in [3.63, 3.8) is 0 Å². The van der Waals surface area contributed by atoms with E-state index in [-0.39, 0.29) is 11.3 Å². The van der Waals surface area contributed by atoms with Crippen LogP contribution in [0.15, 0.2) is 54.6 Å². The number of carbonyl (C=O) groups is 1. The number of aryl methyl sites for hydroxylation is 3. The summed E-state index contributed by atoms with van der Waals surface area (Å²) in [4.78, 5) is 13.8. The molecule has 0 atom stereocenters. The minimum Gasteiger partial charge on any atom is -0.324 e. The van der Waals surface area contributed by atoms with Crippen molar-refractivity contribution in [1.29, 1.82) is 0 Å².